The molecule has 0 aromatic carbocycles. The van der Waals surface area contributed by atoms with Gasteiger partial charge in [0.25, 0.3) is 0 Å². The molecule has 0 radical (unpaired) electrons. The predicted molar refractivity (Wildman–Crippen MR) is 265 cm³/mol. The van der Waals surface area contributed by atoms with Gasteiger partial charge in [-0.05, 0) is 51.4 Å². The van der Waals surface area contributed by atoms with Crippen molar-refractivity contribution in [2.45, 2.75) is 213 Å². The number of esters is 3. The van der Waals surface area contributed by atoms with E-state index in [0.29, 0.717) is 12.8 Å². The Balaban J connectivity index is 4.52. The maximum Gasteiger partial charge on any atom is 0.306 e. The van der Waals surface area contributed by atoms with Crippen molar-refractivity contribution in [3.8, 4) is 0 Å². The minimum absolute atomic E-state index is 0.111. The van der Waals surface area contributed by atoms with Crippen LogP contribution in [0.2, 0.25) is 0 Å². The third kappa shape index (κ3) is 47.1. The van der Waals surface area contributed by atoms with Crippen LogP contribution in [0.5, 0.6) is 0 Å². The predicted octanol–water partition coefficient (Wildman–Crippen LogP) is 16.4. The molecule has 6 nitrogen and oxygen atoms in total. The Morgan fingerprint density at radius 2 is 0.645 bits per heavy atom. The van der Waals surface area contributed by atoms with E-state index in [0.717, 1.165) is 77.0 Å². The molecule has 1 unspecified atom stereocenters. The SMILES string of the molecule is CC/C=C/C=C/C=C/C=C/C=C/CCCC(=O)OCC(COC(=O)CCCCCCCCCCCCCCCCCC)OC(=O)CCCCCCC/C=C/C=C/C=C/C=C/CC. The average molecular weight is 859 g/mol. The molecule has 0 fully saturated rings. The van der Waals surface area contributed by atoms with E-state index in [4.69, 9.17) is 14.2 Å². The number of allylic oxidation sites excluding steroid dienone is 18. The van der Waals surface area contributed by atoms with Crippen molar-refractivity contribution in [2.24, 2.45) is 0 Å². The highest BCUT2D eigenvalue weighted by molar-refractivity contribution is 5.71. The molecule has 0 amide bonds. The van der Waals surface area contributed by atoms with E-state index in [1.165, 1.54) is 83.5 Å². The van der Waals surface area contributed by atoms with Crippen LogP contribution >= 0.6 is 0 Å². The molecule has 0 saturated heterocycles. The van der Waals surface area contributed by atoms with Crippen LogP contribution in [0.1, 0.15) is 207 Å². The second-order valence-corrected chi connectivity index (χ2v) is 16.2. The second kappa shape index (κ2) is 49.7. The van der Waals surface area contributed by atoms with Gasteiger partial charge in [-0.25, -0.2) is 0 Å². The van der Waals surface area contributed by atoms with Crippen LogP contribution in [0, 0.1) is 0 Å². The highest BCUT2D eigenvalue weighted by Crippen LogP contribution is 2.15. The molecular weight excluding hydrogens is 769 g/mol. The number of hydrogen-bond acceptors (Lipinski definition) is 6. The molecule has 0 heterocycles. The molecule has 0 aromatic heterocycles. The lowest BCUT2D eigenvalue weighted by atomic mass is 10.0. The molecule has 0 N–H and O–H groups in total. The fourth-order valence-electron chi connectivity index (χ4n) is 6.54. The zero-order chi connectivity index (χ0) is 45.1. The summed E-state index contributed by atoms with van der Waals surface area (Å²) in [6.45, 7) is 6.26. The van der Waals surface area contributed by atoms with E-state index < -0.39 is 6.10 Å². The first-order chi connectivity index (χ1) is 30.5. The lowest BCUT2D eigenvalue weighted by Crippen LogP contribution is -2.30. The molecular formula is C56H90O6. The third-order valence-corrected chi connectivity index (χ3v) is 10.2. The van der Waals surface area contributed by atoms with Gasteiger partial charge in [-0.1, -0.05) is 246 Å². The largest absolute Gasteiger partial charge is 0.462 e. The molecule has 6 heteroatoms. The van der Waals surface area contributed by atoms with E-state index in [1.54, 1.807) is 0 Å². The molecule has 0 aliphatic carbocycles. The van der Waals surface area contributed by atoms with Crippen molar-refractivity contribution >= 4 is 17.9 Å². The highest BCUT2D eigenvalue weighted by Gasteiger charge is 2.19. The van der Waals surface area contributed by atoms with Gasteiger partial charge >= 0.3 is 17.9 Å². The number of carbonyl (C=O) groups is 3. The second-order valence-electron chi connectivity index (χ2n) is 16.2. The lowest BCUT2D eigenvalue weighted by molar-refractivity contribution is -0.167. The van der Waals surface area contributed by atoms with Crippen LogP contribution in [-0.4, -0.2) is 37.2 Å². The van der Waals surface area contributed by atoms with Crippen molar-refractivity contribution in [2.75, 3.05) is 13.2 Å². The smallest absolute Gasteiger partial charge is 0.306 e. The number of rotatable bonds is 43. The van der Waals surface area contributed by atoms with Crippen LogP contribution < -0.4 is 0 Å². The van der Waals surface area contributed by atoms with E-state index in [-0.39, 0.29) is 44.0 Å². The summed E-state index contributed by atoms with van der Waals surface area (Å²) in [7, 11) is 0. The molecule has 1 atom stereocenters. The van der Waals surface area contributed by atoms with Gasteiger partial charge in [-0.3, -0.25) is 14.4 Å². The Morgan fingerprint density at radius 3 is 1.05 bits per heavy atom. The molecule has 350 valence electrons. The van der Waals surface area contributed by atoms with E-state index >= 15 is 0 Å². The van der Waals surface area contributed by atoms with Gasteiger partial charge in [0.1, 0.15) is 13.2 Å². The quantitative estimate of drug-likeness (QED) is 0.0263. The molecule has 0 aliphatic rings. The summed E-state index contributed by atoms with van der Waals surface area (Å²) in [5, 5.41) is 0. The van der Waals surface area contributed by atoms with Gasteiger partial charge in [-0.2, -0.15) is 0 Å². The van der Waals surface area contributed by atoms with Gasteiger partial charge in [0.15, 0.2) is 6.10 Å². The maximum absolute atomic E-state index is 12.8. The molecule has 0 aromatic rings. The number of unbranched alkanes of at least 4 members (excludes halogenated alkanes) is 21. The summed E-state index contributed by atoms with van der Waals surface area (Å²) in [5.41, 5.74) is 0. The highest BCUT2D eigenvalue weighted by atomic mass is 16.6. The van der Waals surface area contributed by atoms with Crippen molar-refractivity contribution in [3.05, 3.63) is 109 Å². The van der Waals surface area contributed by atoms with E-state index in [9.17, 15) is 14.4 Å². The van der Waals surface area contributed by atoms with Crippen molar-refractivity contribution in [1.82, 2.24) is 0 Å². The van der Waals surface area contributed by atoms with Crippen LogP contribution in [0.15, 0.2) is 109 Å². The molecule has 0 spiro atoms. The van der Waals surface area contributed by atoms with Gasteiger partial charge in [0, 0.05) is 19.3 Å². The molecule has 0 bridgehead atoms. The van der Waals surface area contributed by atoms with Crippen molar-refractivity contribution < 1.29 is 28.6 Å². The van der Waals surface area contributed by atoms with Crippen molar-refractivity contribution in [1.29, 1.82) is 0 Å². The minimum Gasteiger partial charge on any atom is -0.462 e. The summed E-state index contributed by atoms with van der Waals surface area (Å²) in [5.74, 6) is -1.02. The first kappa shape index (κ1) is 58.1. The summed E-state index contributed by atoms with van der Waals surface area (Å²) in [4.78, 5) is 37.9. The Morgan fingerprint density at radius 1 is 0.339 bits per heavy atom. The first-order valence-electron chi connectivity index (χ1n) is 25.0. The summed E-state index contributed by atoms with van der Waals surface area (Å²) < 4.78 is 16.7. The van der Waals surface area contributed by atoms with Crippen LogP contribution in [-0.2, 0) is 28.6 Å². The molecule has 62 heavy (non-hydrogen) atoms. The number of ether oxygens (including phenoxy) is 3. The molecule has 0 aliphatic heterocycles. The Bertz CT molecular complexity index is 1310. The molecule has 0 saturated carbocycles. The normalized spacial score (nSPS) is 13.0. The fourth-order valence-corrected chi connectivity index (χ4v) is 6.54. The van der Waals surface area contributed by atoms with Crippen LogP contribution in [0.3, 0.4) is 0 Å². The summed E-state index contributed by atoms with van der Waals surface area (Å²) >= 11 is 0. The minimum atomic E-state index is -0.819. The lowest BCUT2D eigenvalue weighted by Gasteiger charge is -2.18. The maximum atomic E-state index is 12.8. The zero-order valence-corrected chi connectivity index (χ0v) is 39.8. The molecule has 0 rings (SSSR count). The van der Waals surface area contributed by atoms with E-state index in [1.807, 2.05) is 79.0 Å². The summed E-state index contributed by atoms with van der Waals surface area (Å²) in [6, 6.07) is 0. The van der Waals surface area contributed by atoms with Gasteiger partial charge in [-0.15, -0.1) is 0 Å². The Hall–Kier alpha value is -3.93. The van der Waals surface area contributed by atoms with Gasteiger partial charge < -0.3 is 14.2 Å². The number of carbonyl (C=O) groups excluding carboxylic acids is 3. The third-order valence-electron chi connectivity index (χ3n) is 10.2. The number of hydrogen-bond donors (Lipinski definition) is 0. The average Bonchev–Trinajstić information content (AvgIpc) is 3.27. The topological polar surface area (TPSA) is 78.9 Å². The standard InChI is InChI=1S/C56H90O6/c1-4-7-10-13-16-19-22-25-27-29-31-34-37-40-43-46-49-55(58)61-52-53(51-60-54(57)48-45-42-39-36-33-30-24-21-18-15-12-9-6-3)62-56(59)50-47-44-41-38-35-32-28-26-23-20-17-14-11-8-5-2/h8-9,11-12,14-15,17-18,20-21,23-24,26,28,30,33,36,39,53H,4-7,10,13,16,19,22,25,27,29,31-32,34-35,37-38,40-52H2,1-3H3/b11-8+,12-9+,17-14+,18-15+,23-20+,24-21+,28-26+,33-30+,39-36+. The fraction of sp³-hybridized carbons (Fsp3) is 0.625. The Labute approximate surface area is 380 Å². The first-order valence-corrected chi connectivity index (χ1v) is 25.0. The van der Waals surface area contributed by atoms with Crippen molar-refractivity contribution in [3.63, 3.8) is 0 Å². The monoisotopic (exact) mass is 859 g/mol. The van der Waals surface area contributed by atoms with Crippen LogP contribution in [0.25, 0.3) is 0 Å². The van der Waals surface area contributed by atoms with E-state index in [2.05, 4.69) is 51.2 Å². The summed E-state index contributed by atoms with van der Waals surface area (Å²) in [6.07, 6.45) is 66.5. The van der Waals surface area contributed by atoms with Gasteiger partial charge in [0.2, 0.25) is 0 Å². The zero-order valence-electron chi connectivity index (χ0n) is 39.8. The Kier molecular flexibility index (Phi) is 46.6. The van der Waals surface area contributed by atoms with Gasteiger partial charge in [0.05, 0.1) is 0 Å². The van der Waals surface area contributed by atoms with Crippen LogP contribution in [0.4, 0.5) is 0 Å².